The van der Waals surface area contributed by atoms with Gasteiger partial charge in [0.1, 0.15) is 5.75 Å². The molecule has 3 N–H and O–H groups in total. The fourth-order valence-electron chi connectivity index (χ4n) is 2.28. The number of carbonyl (C=O) groups is 1. The van der Waals surface area contributed by atoms with Gasteiger partial charge in [0.05, 0.1) is 0 Å². The maximum Gasteiger partial charge on any atom is 0.260 e. The second kappa shape index (κ2) is 7.14. The Bertz CT molecular complexity index is 446. The van der Waals surface area contributed by atoms with Crippen LogP contribution in [0, 0.1) is 0 Å². The molecule has 1 aliphatic carbocycles. The average molecular weight is 278 g/mol. The van der Waals surface area contributed by atoms with E-state index < -0.39 is 0 Å². The molecule has 1 aliphatic rings. The van der Waals surface area contributed by atoms with Crippen LogP contribution in [0.4, 0.5) is 5.69 Å². The topological polar surface area (TPSA) is 75.8 Å². The van der Waals surface area contributed by atoms with E-state index >= 15 is 0 Å². The number of hydrogen-bond acceptors (Lipinski definition) is 4. The molecule has 1 saturated carbocycles. The minimum absolute atomic E-state index is 0.0192. The van der Waals surface area contributed by atoms with Gasteiger partial charge < -0.3 is 20.5 Å². The van der Waals surface area contributed by atoms with Crippen LogP contribution in [0.5, 0.6) is 5.75 Å². The lowest BCUT2D eigenvalue weighted by molar-refractivity contribution is -0.137. The molecular formula is C15H22N2O3. The Labute approximate surface area is 119 Å². The lowest BCUT2D eigenvalue weighted by Crippen LogP contribution is -2.46. The van der Waals surface area contributed by atoms with Crippen LogP contribution in [-0.2, 0) is 4.79 Å². The van der Waals surface area contributed by atoms with Crippen molar-refractivity contribution in [2.24, 2.45) is 0 Å². The number of nitrogens with two attached hydrogens (primary N) is 1. The monoisotopic (exact) mass is 278 g/mol. The molecule has 1 aromatic rings. The zero-order valence-corrected chi connectivity index (χ0v) is 11.6. The van der Waals surface area contributed by atoms with Gasteiger partial charge in [-0.2, -0.15) is 0 Å². The largest absolute Gasteiger partial charge is 0.484 e. The molecule has 1 amide bonds. The summed E-state index contributed by atoms with van der Waals surface area (Å²) in [7, 11) is 0. The van der Waals surface area contributed by atoms with E-state index in [2.05, 4.69) is 0 Å². The van der Waals surface area contributed by atoms with E-state index in [0.717, 1.165) is 12.8 Å². The van der Waals surface area contributed by atoms with Gasteiger partial charge in [-0.3, -0.25) is 4.79 Å². The molecule has 0 unspecified atom stereocenters. The highest BCUT2D eigenvalue weighted by Crippen LogP contribution is 2.25. The quantitative estimate of drug-likeness (QED) is 0.739. The predicted molar refractivity (Wildman–Crippen MR) is 77.4 cm³/mol. The van der Waals surface area contributed by atoms with Gasteiger partial charge in [0.2, 0.25) is 0 Å². The number of ether oxygens (including phenoxy) is 1. The molecule has 0 heterocycles. The van der Waals surface area contributed by atoms with E-state index in [1.54, 1.807) is 24.3 Å². The highest BCUT2D eigenvalue weighted by molar-refractivity contribution is 5.78. The third-order valence-electron chi connectivity index (χ3n) is 3.61. The van der Waals surface area contributed by atoms with Gasteiger partial charge in [-0.1, -0.05) is 6.07 Å². The highest BCUT2D eigenvalue weighted by Gasteiger charge is 2.28. The van der Waals surface area contributed by atoms with Gasteiger partial charge in [-0.05, 0) is 37.8 Å². The van der Waals surface area contributed by atoms with E-state index in [9.17, 15) is 4.79 Å². The SMILES string of the molecule is Nc1cccc(OCC(=O)N(CCCO)C2CCC2)c1. The van der Waals surface area contributed by atoms with E-state index in [0.29, 0.717) is 30.4 Å². The molecule has 110 valence electrons. The Balaban J connectivity index is 1.87. The Morgan fingerprint density at radius 1 is 1.45 bits per heavy atom. The lowest BCUT2D eigenvalue weighted by atomic mass is 9.91. The third-order valence-corrected chi connectivity index (χ3v) is 3.61. The number of amides is 1. The molecule has 0 radical (unpaired) electrons. The van der Waals surface area contributed by atoms with Crippen molar-refractivity contribution in [3.8, 4) is 5.75 Å². The summed E-state index contributed by atoms with van der Waals surface area (Å²) in [4.78, 5) is 14.1. The minimum atomic E-state index is -0.0226. The van der Waals surface area contributed by atoms with Crippen LogP contribution in [0.25, 0.3) is 0 Å². The van der Waals surface area contributed by atoms with E-state index in [1.807, 2.05) is 4.90 Å². The summed E-state index contributed by atoms with van der Waals surface area (Å²) >= 11 is 0. The fraction of sp³-hybridized carbons (Fsp3) is 0.533. The first-order valence-electron chi connectivity index (χ1n) is 7.09. The van der Waals surface area contributed by atoms with Crippen LogP contribution in [0.3, 0.4) is 0 Å². The first-order chi connectivity index (χ1) is 9.70. The smallest absolute Gasteiger partial charge is 0.260 e. The van der Waals surface area contributed by atoms with Gasteiger partial charge in [-0.15, -0.1) is 0 Å². The number of aliphatic hydroxyl groups excluding tert-OH is 1. The van der Waals surface area contributed by atoms with Crippen LogP contribution in [0.1, 0.15) is 25.7 Å². The summed E-state index contributed by atoms with van der Waals surface area (Å²) in [5.74, 6) is 0.583. The first-order valence-corrected chi connectivity index (χ1v) is 7.09. The highest BCUT2D eigenvalue weighted by atomic mass is 16.5. The molecule has 2 rings (SSSR count). The Kier molecular flexibility index (Phi) is 5.24. The zero-order valence-electron chi connectivity index (χ0n) is 11.6. The first kappa shape index (κ1) is 14.7. The van der Waals surface area contributed by atoms with Crippen LogP contribution < -0.4 is 10.5 Å². The van der Waals surface area contributed by atoms with Crippen molar-refractivity contribution in [3.63, 3.8) is 0 Å². The number of hydrogen-bond donors (Lipinski definition) is 2. The van der Waals surface area contributed by atoms with Gasteiger partial charge in [0.15, 0.2) is 6.61 Å². The lowest BCUT2D eigenvalue weighted by Gasteiger charge is -2.37. The summed E-state index contributed by atoms with van der Waals surface area (Å²) in [6, 6.07) is 7.37. The Morgan fingerprint density at radius 2 is 2.25 bits per heavy atom. The number of nitrogens with zero attached hydrogens (tertiary/aromatic N) is 1. The van der Waals surface area contributed by atoms with E-state index in [1.165, 1.54) is 6.42 Å². The number of carbonyl (C=O) groups excluding carboxylic acids is 1. The Morgan fingerprint density at radius 3 is 2.85 bits per heavy atom. The van der Waals surface area contributed by atoms with Gasteiger partial charge in [0.25, 0.3) is 5.91 Å². The summed E-state index contributed by atoms with van der Waals surface area (Å²) in [6.45, 7) is 0.720. The summed E-state index contributed by atoms with van der Waals surface area (Å²) < 4.78 is 5.49. The third kappa shape index (κ3) is 3.87. The molecule has 0 bridgehead atoms. The van der Waals surface area contributed by atoms with Crippen LogP contribution in [0.2, 0.25) is 0 Å². The molecule has 0 atom stereocenters. The molecular weight excluding hydrogens is 256 g/mol. The minimum Gasteiger partial charge on any atom is -0.484 e. The Hall–Kier alpha value is -1.75. The maximum atomic E-state index is 12.2. The average Bonchev–Trinajstić information content (AvgIpc) is 2.38. The molecule has 0 aliphatic heterocycles. The van der Waals surface area contributed by atoms with Crippen molar-refractivity contribution in [3.05, 3.63) is 24.3 Å². The zero-order chi connectivity index (χ0) is 14.4. The van der Waals surface area contributed by atoms with Gasteiger partial charge in [0, 0.05) is 30.9 Å². The summed E-state index contributed by atoms with van der Waals surface area (Å²) in [6.07, 6.45) is 3.88. The molecule has 1 fully saturated rings. The molecule has 0 saturated heterocycles. The molecule has 1 aromatic carbocycles. The van der Waals surface area contributed by atoms with Gasteiger partial charge in [-0.25, -0.2) is 0 Å². The second-order valence-corrected chi connectivity index (χ2v) is 5.11. The number of rotatable bonds is 7. The normalized spacial score (nSPS) is 14.7. The number of aliphatic hydroxyl groups is 1. The van der Waals surface area contributed by atoms with E-state index in [4.69, 9.17) is 15.6 Å². The standard InChI is InChI=1S/C15H22N2O3/c16-12-4-1-7-14(10-12)20-11-15(19)17(8-3-9-18)13-5-2-6-13/h1,4,7,10,13,18H,2-3,5-6,8-9,11,16H2. The molecule has 20 heavy (non-hydrogen) atoms. The summed E-state index contributed by atoms with van der Waals surface area (Å²) in [5, 5.41) is 8.92. The summed E-state index contributed by atoms with van der Waals surface area (Å²) in [5.41, 5.74) is 6.28. The maximum absolute atomic E-state index is 12.2. The molecule has 5 nitrogen and oxygen atoms in total. The van der Waals surface area contributed by atoms with Crippen LogP contribution >= 0.6 is 0 Å². The predicted octanol–water partition coefficient (Wildman–Crippen LogP) is 1.41. The van der Waals surface area contributed by atoms with Crippen molar-refractivity contribution in [2.45, 2.75) is 31.7 Å². The molecule has 5 heteroatoms. The van der Waals surface area contributed by atoms with E-state index in [-0.39, 0.29) is 19.1 Å². The van der Waals surface area contributed by atoms with Crippen molar-refractivity contribution < 1.29 is 14.6 Å². The van der Waals surface area contributed by atoms with Crippen LogP contribution in [-0.4, -0.2) is 41.7 Å². The molecule has 0 spiro atoms. The van der Waals surface area contributed by atoms with Crippen molar-refractivity contribution in [1.82, 2.24) is 4.90 Å². The van der Waals surface area contributed by atoms with Gasteiger partial charge >= 0.3 is 0 Å². The van der Waals surface area contributed by atoms with Crippen molar-refractivity contribution in [1.29, 1.82) is 0 Å². The number of anilines is 1. The van der Waals surface area contributed by atoms with Crippen molar-refractivity contribution in [2.75, 3.05) is 25.5 Å². The number of nitrogen functional groups attached to an aromatic ring is 1. The number of benzene rings is 1. The van der Waals surface area contributed by atoms with Crippen molar-refractivity contribution >= 4 is 11.6 Å². The fourth-order valence-corrected chi connectivity index (χ4v) is 2.28. The second-order valence-electron chi connectivity index (χ2n) is 5.11. The molecule has 0 aromatic heterocycles. The van der Waals surface area contributed by atoms with Crippen LogP contribution in [0.15, 0.2) is 24.3 Å².